The fraction of sp³-hybridized carbons (Fsp3) is 0.881. The first kappa shape index (κ1) is 138. The number of unbranched alkanes of at least 4 members (excludes halogenated alkanes) is 60. The summed E-state index contributed by atoms with van der Waals surface area (Å²) in [5.74, 6) is -0.304. The number of aliphatic hydroxyl groups is 6. The van der Waals surface area contributed by atoms with Gasteiger partial charge in [-0.05, 0) is 212 Å². The van der Waals surface area contributed by atoms with Crippen LogP contribution in [0.25, 0.3) is 0 Å². The maximum atomic E-state index is 13.9. The smallest absolute Gasteiger partial charge is 0.221 e. The molecular weight excluding hydrogens is 1760 g/mol. The summed E-state index contributed by atoms with van der Waals surface area (Å²) in [6.07, 6.45) is 120. The zero-order chi connectivity index (χ0) is 103. The molecule has 0 heterocycles. The first-order valence-corrected chi connectivity index (χ1v) is 62.4. The van der Waals surface area contributed by atoms with Gasteiger partial charge in [-0.25, -0.2) is 0 Å². The summed E-state index contributed by atoms with van der Waals surface area (Å²) in [6, 6.07) is 0. The van der Waals surface area contributed by atoms with Crippen LogP contribution in [0.15, 0.2) is 72.9 Å². The number of hydrogen-bond acceptors (Lipinski definition) is 13. The van der Waals surface area contributed by atoms with Crippen molar-refractivity contribution in [2.24, 2.45) is 0 Å². The molecule has 0 saturated heterocycles. The summed E-state index contributed by atoms with van der Waals surface area (Å²) in [7, 11) is 0. The van der Waals surface area contributed by atoms with Gasteiger partial charge < -0.3 is 51.5 Å². The Morgan fingerprint density at radius 2 is 0.310 bits per heavy atom. The summed E-state index contributed by atoms with van der Waals surface area (Å²) < 4.78 is 0. The fourth-order valence-corrected chi connectivity index (χ4v) is 19.7. The predicted molar refractivity (Wildman–Crippen MR) is 618 cm³/mol. The van der Waals surface area contributed by atoms with E-state index in [-0.39, 0.29) is 37.0 Å². The van der Waals surface area contributed by atoms with E-state index in [1.807, 2.05) is 0 Å². The Labute approximate surface area is 881 Å². The monoisotopic (exact) mass is 2000 g/mol. The van der Waals surface area contributed by atoms with E-state index in [1.165, 1.54) is 308 Å². The molecule has 3 amide bonds. The molecule has 9 N–H and O–H groups in total. The van der Waals surface area contributed by atoms with Gasteiger partial charge in [0.1, 0.15) is 0 Å². The lowest BCUT2D eigenvalue weighted by Gasteiger charge is -2.28. The Morgan fingerprint density at radius 1 is 0.176 bits per heavy atom. The third-order valence-corrected chi connectivity index (χ3v) is 29.0. The van der Waals surface area contributed by atoms with E-state index in [0.29, 0.717) is 117 Å². The molecule has 16 nitrogen and oxygen atoms in total. The molecule has 6 atom stereocenters. The van der Waals surface area contributed by atoms with Crippen LogP contribution in [0.3, 0.4) is 0 Å². The lowest BCUT2D eigenvalue weighted by atomic mass is 10.1. The van der Waals surface area contributed by atoms with Gasteiger partial charge in [0.05, 0.1) is 36.6 Å². The zero-order valence-corrected chi connectivity index (χ0v) is 95.1. The second kappa shape index (κ2) is 115. The minimum absolute atomic E-state index is 0.101. The Balaban J connectivity index is 6.46. The van der Waals surface area contributed by atoms with Crippen molar-refractivity contribution in [1.82, 2.24) is 35.6 Å². The molecule has 0 aliphatic rings. The zero-order valence-electron chi connectivity index (χ0n) is 95.1. The summed E-state index contributed by atoms with van der Waals surface area (Å²) in [5, 5.41) is 78.6. The molecule has 16 heteroatoms. The molecule has 0 aliphatic carbocycles. The van der Waals surface area contributed by atoms with E-state index >= 15 is 0 Å². The summed E-state index contributed by atoms with van der Waals surface area (Å²) >= 11 is 0. The van der Waals surface area contributed by atoms with Crippen molar-refractivity contribution < 1.29 is 45.0 Å². The SMILES string of the molecule is CCCCCCCC/C=C\CCCCCCC(O)CN(CCCNC(=O)CCN(CCC(=O)NCCCN(CC(O)CCCCCC/C=C\CCCCCCCC)CC(O)CCCCCC/C=C\CCCCCCCC)CCC(=O)NCCCN(CC(O)CCCCCC/C=C\CCCCCCCC)CC(O)CCCCCC/C=C\CCCCCCCC)CC(O)CCCCCC/C=C\CCCCCCCC. The number of amides is 3. The lowest BCUT2D eigenvalue weighted by molar-refractivity contribution is -0.121. The van der Waals surface area contributed by atoms with Crippen molar-refractivity contribution in [3.05, 3.63) is 72.9 Å². The van der Waals surface area contributed by atoms with Gasteiger partial charge in [0.15, 0.2) is 0 Å². The van der Waals surface area contributed by atoms with Crippen LogP contribution in [0.2, 0.25) is 0 Å². The van der Waals surface area contributed by atoms with Crippen molar-refractivity contribution in [2.45, 2.75) is 618 Å². The molecule has 0 aromatic carbocycles. The minimum atomic E-state index is -0.498. The van der Waals surface area contributed by atoms with Crippen LogP contribution in [0, 0.1) is 0 Å². The largest absolute Gasteiger partial charge is 0.392 e. The number of allylic oxidation sites excluding steroid dienone is 12. The van der Waals surface area contributed by atoms with Gasteiger partial charge in [0, 0.05) is 117 Å². The van der Waals surface area contributed by atoms with Crippen LogP contribution < -0.4 is 16.0 Å². The molecule has 836 valence electrons. The predicted octanol–water partition coefficient (Wildman–Crippen LogP) is 31.9. The van der Waals surface area contributed by atoms with Gasteiger partial charge in [-0.1, -0.05) is 423 Å². The highest BCUT2D eigenvalue weighted by atomic mass is 16.3. The highest BCUT2D eigenvalue weighted by molar-refractivity contribution is 5.77. The van der Waals surface area contributed by atoms with Gasteiger partial charge >= 0.3 is 0 Å². The van der Waals surface area contributed by atoms with E-state index in [9.17, 15) is 45.0 Å². The Kier molecular flexibility index (Phi) is 112. The first-order chi connectivity index (χ1) is 69.7. The topological polar surface area (TPSA) is 222 Å². The van der Waals surface area contributed by atoms with Crippen molar-refractivity contribution in [1.29, 1.82) is 0 Å². The van der Waals surface area contributed by atoms with Gasteiger partial charge in [0.2, 0.25) is 17.7 Å². The van der Waals surface area contributed by atoms with Crippen molar-refractivity contribution in [3.8, 4) is 0 Å². The summed E-state index contributed by atoms with van der Waals surface area (Å²) in [5.41, 5.74) is 0. The van der Waals surface area contributed by atoms with Gasteiger partial charge in [-0.15, -0.1) is 0 Å². The molecule has 0 bridgehead atoms. The first-order valence-electron chi connectivity index (χ1n) is 62.4. The minimum Gasteiger partial charge on any atom is -0.392 e. The quantitative estimate of drug-likeness (QED) is 0.0205. The third kappa shape index (κ3) is 108. The molecule has 0 radical (unpaired) electrons. The van der Waals surface area contributed by atoms with Crippen LogP contribution in [0.4, 0.5) is 0 Å². The molecular formula is C126H243N7O9. The number of nitrogens with zero attached hydrogens (tertiary/aromatic N) is 4. The number of aliphatic hydroxyl groups excluding tert-OH is 6. The normalized spacial score (nSPS) is 13.6. The molecule has 0 rings (SSSR count). The fourth-order valence-electron chi connectivity index (χ4n) is 19.7. The van der Waals surface area contributed by atoms with E-state index < -0.39 is 36.6 Å². The highest BCUT2D eigenvalue weighted by Crippen LogP contribution is 2.22. The molecule has 0 aromatic heterocycles. The Hall–Kier alpha value is -3.55. The van der Waals surface area contributed by atoms with Crippen molar-refractivity contribution in [3.63, 3.8) is 0 Å². The van der Waals surface area contributed by atoms with E-state index in [4.69, 9.17) is 0 Å². The van der Waals surface area contributed by atoms with E-state index in [1.54, 1.807) is 0 Å². The van der Waals surface area contributed by atoms with Crippen LogP contribution in [0.1, 0.15) is 581 Å². The summed E-state index contributed by atoms with van der Waals surface area (Å²) in [6.45, 7) is 20.9. The molecule has 0 aliphatic heterocycles. The van der Waals surface area contributed by atoms with Crippen LogP contribution >= 0.6 is 0 Å². The van der Waals surface area contributed by atoms with Gasteiger partial charge in [0.25, 0.3) is 0 Å². The maximum Gasteiger partial charge on any atom is 0.221 e. The van der Waals surface area contributed by atoms with E-state index in [0.717, 1.165) is 193 Å². The lowest BCUT2D eigenvalue weighted by Crippen LogP contribution is -2.40. The Morgan fingerprint density at radius 3 is 0.458 bits per heavy atom. The number of rotatable bonds is 117. The second-order valence-corrected chi connectivity index (χ2v) is 43.5. The molecule has 0 fully saturated rings. The van der Waals surface area contributed by atoms with Crippen LogP contribution in [-0.4, -0.2) is 203 Å². The highest BCUT2D eigenvalue weighted by Gasteiger charge is 2.22. The third-order valence-electron chi connectivity index (χ3n) is 29.0. The second-order valence-electron chi connectivity index (χ2n) is 43.5. The average Bonchev–Trinajstić information content (AvgIpc) is 0.943. The van der Waals surface area contributed by atoms with Gasteiger partial charge in [-0.3, -0.25) is 29.1 Å². The number of hydrogen-bond donors (Lipinski definition) is 9. The average molecular weight is 2000 g/mol. The maximum absolute atomic E-state index is 13.9. The van der Waals surface area contributed by atoms with Crippen molar-refractivity contribution in [2.75, 3.05) is 98.2 Å². The van der Waals surface area contributed by atoms with Gasteiger partial charge in [-0.2, -0.15) is 0 Å². The number of carbonyl (C=O) groups is 3. The van der Waals surface area contributed by atoms with Crippen molar-refractivity contribution >= 4 is 17.7 Å². The molecule has 0 spiro atoms. The van der Waals surface area contributed by atoms with E-state index in [2.05, 4.69) is 150 Å². The standard InChI is InChI=1S/C126H243N7O9/c1-7-13-19-25-31-37-43-49-55-61-67-73-79-85-94-118(134)112-131(113-119(135)95-86-80-74-68-62-56-50-44-38-32-26-20-14-8-2)106-91-103-127-124(140)100-109-130(110-101-125(141)128-104-92-107-132(114-120(136)96-87-81-75-69-63-57-51-45-39-33-27-21-15-9-3)115-121(137)97-88-82-76-70-64-58-52-46-40-34-28-22-16-10-4)111-102-126(142)129-105-93-108-133(116-122(138)98-89-83-77-71-65-59-53-47-41-35-29-23-17-11-5)117-123(139)99-90-84-78-72-66-60-54-48-42-36-30-24-18-12-6/h49-60,118-123,134-139H,7-48,61-117H2,1-6H3,(H,127,140)(H,128,141)(H,129,142)/b55-49-,56-50-,57-51-,58-52-,59-53-,60-54-. The number of nitrogens with one attached hydrogen (secondary N) is 3. The molecule has 0 aromatic rings. The number of carbonyl (C=O) groups excluding carboxylic acids is 3. The van der Waals surface area contributed by atoms with Crippen LogP contribution in [-0.2, 0) is 14.4 Å². The molecule has 0 saturated carbocycles. The molecule has 142 heavy (non-hydrogen) atoms. The van der Waals surface area contributed by atoms with Crippen LogP contribution in [0.5, 0.6) is 0 Å². The Bertz CT molecular complexity index is 2330. The summed E-state index contributed by atoms with van der Waals surface area (Å²) in [4.78, 5) is 50.5. The molecule has 6 unspecified atom stereocenters.